The van der Waals surface area contributed by atoms with Crippen LogP contribution in [0.25, 0.3) is 0 Å². The molecule has 1 heterocycles. The quantitative estimate of drug-likeness (QED) is 0.597. The van der Waals surface area contributed by atoms with Crippen LogP contribution in [-0.4, -0.2) is 37.7 Å². The maximum absolute atomic E-state index is 11.8. The van der Waals surface area contributed by atoms with E-state index in [1.807, 2.05) is 0 Å². The molecule has 0 aromatic heterocycles. The van der Waals surface area contributed by atoms with Crippen LogP contribution >= 0.6 is 0 Å². The number of methoxy groups -OCH3 is 1. The third-order valence-electron chi connectivity index (χ3n) is 2.68. The van der Waals surface area contributed by atoms with E-state index in [1.54, 1.807) is 0 Å². The minimum absolute atomic E-state index is 0.257. The average molecular weight is 264 g/mol. The number of esters is 3. The van der Waals surface area contributed by atoms with E-state index in [-0.39, 0.29) is 12.2 Å². The highest BCUT2D eigenvalue weighted by molar-refractivity contribution is 5.94. The van der Waals surface area contributed by atoms with Gasteiger partial charge in [-0.3, -0.25) is 0 Å². The molecule has 1 fully saturated rings. The molecule has 0 radical (unpaired) electrons. The number of rotatable bonds is 3. The second-order valence-electron chi connectivity index (χ2n) is 3.92. The molecule has 0 N–H and O–H groups in total. The fourth-order valence-corrected chi connectivity index (χ4v) is 1.64. The van der Waals surface area contributed by atoms with E-state index in [9.17, 15) is 14.4 Å². The highest BCUT2D eigenvalue weighted by Crippen LogP contribution is 2.14. The standard InChI is InChI=1S/C13H12O6/c1-17-11(14)8-2-4-9(5-3-8)12(15)19-10-6-7-18-13(10)16/h2-5,10H,6-7H2,1H3/t10-/m0/s1. The summed E-state index contributed by atoms with van der Waals surface area (Å²) in [7, 11) is 1.27. The lowest BCUT2D eigenvalue weighted by Gasteiger charge is -2.08. The number of cyclic esters (lactones) is 1. The van der Waals surface area contributed by atoms with Gasteiger partial charge in [-0.2, -0.15) is 0 Å². The van der Waals surface area contributed by atoms with Crippen molar-refractivity contribution in [3.63, 3.8) is 0 Å². The molecule has 1 atom stereocenters. The third kappa shape index (κ3) is 2.90. The van der Waals surface area contributed by atoms with Crippen molar-refractivity contribution in [2.45, 2.75) is 12.5 Å². The molecule has 1 aliphatic rings. The maximum Gasteiger partial charge on any atom is 0.347 e. The van der Waals surface area contributed by atoms with Gasteiger partial charge < -0.3 is 14.2 Å². The van der Waals surface area contributed by atoms with Crippen LogP contribution in [0, 0.1) is 0 Å². The molecular formula is C13H12O6. The average Bonchev–Trinajstić information content (AvgIpc) is 2.83. The second-order valence-corrected chi connectivity index (χ2v) is 3.92. The van der Waals surface area contributed by atoms with E-state index < -0.39 is 24.0 Å². The lowest BCUT2D eigenvalue weighted by Crippen LogP contribution is -2.22. The topological polar surface area (TPSA) is 78.9 Å². The molecule has 0 unspecified atom stereocenters. The Morgan fingerprint density at radius 1 is 1.16 bits per heavy atom. The molecule has 2 rings (SSSR count). The van der Waals surface area contributed by atoms with Gasteiger partial charge in [-0.15, -0.1) is 0 Å². The molecule has 1 aromatic carbocycles. The van der Waals surface area contributed by atoms with Gasteiger partial charge in [0.25, 0.3) is 0 Å². The summed E-state index contributed by atoms with van der Waals surface area (Å²) < 4.78 is 14.2. The van der Waals surface area contributed by atoms with Crippen molar-refractivity contribution >= 4 is 17.9 Å². The SMILES string of the molecule is COC(=O)c1ccc(C(=O)O[C@H]2CCOC2=O)cc1. The summed E-state index contributed by atoms with van der Waals surface area (Å²) in [6.07, 6.45) is -0.474. The van der Waals surface area contributed by atoms with Gasteiger partial charge in [-0.25, -0.2) is 14.4 Å². The highest BCUT2D eigenvalue weighted by atomic mass is 16.6. The number of hydrogen-bond donors (Lipinski definition) is 0. The van der Waals surface area contributed by atoms with Crippen LogP contribution in [0.1, 0.15) is 27.1 Å². The molecule has 1 saturated heterocycles. The van der Waals surface area contributed by atoms with Crippen LogP contribution in [0.5, 0.6) is 0 Å². The molecule has 0 bridgehead atoms. The summed E-state index contributed by atoms with van der Waals surface area (Å²) in [5.74, 6) is -1.64. The zero-order chi connectivity index (χ0) is 13.8. The highest BCUT2D eigenvalue weighted by Gasteiger charge is 2.30. The van der Waals surface area contributed by atoms with Gasteiger partial charge in [-0.05, 0) is 24.3 Å². The summed E-state index contributed by atoms with van der Waals surface area (Å²) in [4.78, 5) is 34.1. The third-order valence-corrected chi connectivity index (χ3v) is 2.68. The van der Waals surface area contributed by atoms with Gasteiger partial charge in [0.2, 0.25) is 6.10 Å². The van der Waals surface area contributed by atoms with Gasteiger partial charge in [0, 0.05) is 6.42 Å². The van der Waals surface area contributed by atoms with Crippen molar-refractivity contribution in [1.82, 2.24) is 0 Å². The number of hydrogen-bond acceptors (Lipinski definition) is 6. The Hall–Kier alpha value is -2.37. The van der Waals surface area contributed by atoms with Gasteiger partial charge in [0.1, 0.15) is 0 Å². The first-order valence-electron chi connectivity index (χ1n) is 5.68. The van der Waals surface area contributed by atoms with Gasteiger partial charge >= 0.3 is 17.9 Å². The summed E-state index contributed by atoms with van der Waals surface area (Å²) in [6.45, 7) is 0.262. The summed E-state index contributed by atoms with van der Waals surface area (Å²) in [5, 5.41) is 0. The molecule has 19 heavy (non-hydrogen) atoms. The molecule has 0 aliphatic carbocycles. The summed E-state index contributed by atoms with van der Waals surface area (Å²) in [5.41, 5.74) is 0.590. The number of carbonyl (C=O) groups is 3. The van der Waals surface area contributed by atoms with Gasteiger partial charge in [0.05, 0.1) is 24.8 Å². The molecule has 1 aliphatic heterocycles. The van der Waals surface area contributed by atoms with E-state index in [1.165, 1.54) is 31.4 Å². The summed E-state index contributed by atoms with van der Waals surface area (Å²) >= 11 is 0. The Balaban J connectivity index is 2.03. The maximum atomic E-state index is 11.8. The van der Waals surface area contributed by atoms with Crippen molar-refractivity contribution in [3.8, 4) is 0 Å². The van der Waals surface area contributed by atoms with Crippen LogP contribution < -0.4 is 0 Å². The van der Waals surface area contributed by atoms with E-state index in [0.29, 0.717) is 12.0 Å². The van der Waals surface area contributed by atoms with Crippen molar-refractivity contribution < 1.29 is 28.6 Å². The van der Waals surface area contributed by atoms with E-state index in [0.717, 1.165) is 0 Å². The lowest BCUT2D eigenvalue weighted by molar-refractivity contribution is -0.145. The monoisotopic (exact) mass is 264 g/mol. The molecule has 100 valence electrons. The molecule has 6 nitrogen and oxygen atoms in total. The van der Waals surface area contributed by atoms with Crippen LogP contribution in [0.4, 0.5) is 0 Å². The first-order chi connectivity index (χ1) is 9.11. The first-order valence-corrected chi connectivity index (χ1v) is 5.68. The molecule has 6 heteroatoms. The fraction of sp³-hybridized carbons (Fsp3) is 0.308. The molecule has 0 amide bonds. The predicted octanol–water partition coefficient (Wildman–Crippen LogP) is 0.946. The van der Waals surface area contributed by atoms with Gasteiger partial charge in [-0.1, -0.05) is 0 Å². The van der Waals surface area contributed by atoms with Crippen molar-refractivity contribution in [3.05, 3.63) is 35.4 Å². The smallest absolute Gasteiger partial charge is 0.347 e. The van der Waals surface area contributed by atoms with Gasteiger partial charge in [0.15, 0.2) is 0 Å². The largest absolute Gasteiger partial charge is 0.465 e. The van der Waals surface area contributed by atoms with E-state index >= 15 is 0 Å². The Labute approximate surface area is 109 Å². The number of carbonyl (C=O) groups excluding carboxylic acids is 3. The fourth-order valence-electron chi connectivity index (χ4n) is 1.64. The Morgan fingerprint density at radius 2 is 1.74 bits per heavy atom. The van der Waals surface area contributed by atoms with Crippen LogP contribution in [0.2, 0.25) is 0 Å². The number of ether oxygens (including phenoxy) is 3. The lowest BCUT2D eigenvalue weighted by atomic mass is 10.1. The predicted molar refractivity (Wildman–Crippen MR) is 62.6 cm³/mol. The summed E-state index contributed by atoms with van der Waals surface area (Å²) in [6, 6.07) is 5.79. The number of benzene rings is 1. The molecule has 1 aromatic rings. The van der Waals surface area contributed by atoms with E-state index in [2.05, 4.69) is 4.74 Å². The first kappa shape index (κ1) is 13.1. The minimum atomic E-state index is -0.840. The minimum Gasteiger partial charge on any atom is -0.465 e. The molecule has 0 saturated carbocycles. The Bertz CT molecular complexity index is 504. The normalized spacial score (nSPS) is 17.7. The van der Waals surface area contributed by atoms with Crippen molar-refractivity contribution in [2.24, 2.45) is 0 Å². The van der Waals surface area contributed by atoms with Crippen LogP contribution in [0.15, 0.2) is 24.3 Å². The van der Waals surface area contributed by atoms with Crippen LogP contribution in [-0.2, 0) is 19.0 Å². The zero-order valence-corrected chi connectivity index (χ0v) is 10.3. The van der Waals surface area contributed by atoms with Crippen molar-refractivity contribution in [2.75, 3.05) is 13.7 Å². The van der Waals surface area contributed by atoms with Crippen LogP contribution in [0.3, 0.4) is 0 Å². The van der Waals surface area contributed by atoms with E-state index in [4.69, 9.17) is 9.47 Å². The Morgan fingerprint density at radius 3 is 2.21 bits per heavy atom. The molecular weight excluding hydrogens is 252 g/mol. The zero-order valence-electron chi connectivity index (χ0n) is 10.3. The molecule has 0 spiro atoms. The van der Waals surface area contributed by atoms with Crippen molar-refractivity contribution in [1.29, 1.82) is 0 Å². The second kappa shape index (κ2) is 5.51. The Kier molecular flexibility index (Phi) is 3.79.